The van der Waals surface area contributed by atoms with Crippen molar-refractivity contribution in [3.8, 4) is 56.4 Å². The topological polar surface area (TPSA) is 38.7 Å². The molecule has 3 nitrogen and oxygen atoms in total. The van der Waals surface area contributed by atoms with Gasteiger partial charge in [0.05, 0.1) is 0 Å². The molecule has 0 N–H and O–H groups in total. The van der Waals surface area contributed by atoms with Gasteiger partial charge in [-0.3, -0.25) is 0 Å². The van der Waals surface area contributed by atoms with Crippen molar-refractivity contribution in [1.29, 1.82) is 0 Å². The van der Waals surface area contributed by atoms with Crippen LogP contribution in [0.15, 0.2) is 188 Å². The summed E-state index contributed by atoms with van der Waals surface area (Å²) < 4.78 is 0. The van der Waals surface area contributed by atoms with Crippen LogP contribution in [0.2, 0.25) is 0 Å². The van der Waals surface area contributed by atoms with Gasteiger partial charge in [-0.2, -0.15) is 0 Å². The second-order valence-corrected chi connectivity index (χ2v) is 13.2. The van der Waals surface area contributed by atoms with E-state index in [1.165, 1.54) is 43.4 Å². The van der Waals surface area contributed by atoms with Crippen LogP contribution in [0, 0.1) is 0 Å². The molecule has 0 aliphatic carbocycles. The standard InChI is InChI=1S/C49H31N3/c1-2-13-37(14-3-1)47-50-48(52-49(51-47)44-20-10-16-34-11-4-7-17-40(34)44)38-27-23-33(24-28-38)32-21-25-36(26-22-32)46-42-19-9-6-15-39(42)31-45-41-18-8-5-12-35(41)29-30-43(45)46/h1-31H. The molecule has 10 rings (SSSR count). The summed E-state index contributed by atoms with van der Waals surface area (Å²) in [6.45, 7) is 0. The van der Waals surface area contributed by atoms with Crippen LogP contribution in [0.1, 0.15) is 0 Å². The van der Waals surface area contributed by atoms with Gasteiger partial charge in [0.2, 0.25) is 0 Å². The minimum absolute atomic E-state index is 0.647. The smallest absolute Gasteiger partial charge is 0.164 e. The fourth-order valence-corrected chi connectivity index (χ4v) is 7.53. The van der Waals surface area contributed by atoms with Gasteiger partial charge >= 0.3 is 0 Å². The zero-order valence-electron chi connectivity index (χ0n) is 28.2. The Morgan fingerprint density at radius 2 is 0.750 bits per heavy atom. The van der Waals surface area contributed by atoms with E-state index in [2.05, 4.69) is 158 Å². The highest BCUT2D eigenvalue weighted by Gasteiger charge is 2.15. The van der Waals surface area contributed by atoms with Crippen LogP contribution in [-0.4, -0.2) is 15.0 Å². The van der Waals surface area contributed by atoms with E-state index in [9.17, 15) is 0 Å². The number of fused-ring (bicyclic) bond motifs is 5. The predicted octanol–water partition coefficient (Wildman–Crippen LogP) is 12.8. The Kier molecular flexibility index (Phi) is 7.14. The molecule has 0 atom stereocenters. The van der Waals surface area contributed by atoms with Crippen molar-refractivity contribution in [3.63, 3.8) is 0 Å². The molecule has 1 heterocycles. The molecule has 0 aliphatic rings. The van der Waals surface area contributed by atoms with Crippen molar-refractivity contribution in [2.75, 3.05) is 0 Å². The first kappa shape index (κ1) is 29.9. The summed E-state index contributed by atoms with van der Waals surface area (Å²) in [4.78, 5) is 15.0. The molecule has 0 fully saturated rings. The monoisotopic (exact) mass is 661 g/mol. The molecule has 0 saturated carbocycles. The van der Waals surface area contributed by atoms with Crippen molar-refractivity contribution in [2.45, 2.75) is 0 Å². The first-order valence-corrected chi connectivity index (χ1v) is 17.6. The minimum atomic E-state index is 0.647. The average Bonchev–Trinajstić information content (AvgIpc) is 3.23. The molecule has 0 saturated heterocycles. The van der Waals surface area contributed by atoms with E-state index in [-0.39, 0.29) is 0 Å². The van der Waals surface area contributed by atoms with Crippen LogP contribution in [0.3, 0.4) is 0 Å². The number of benzene rings is 9. The summed E-state index contributed by atoms with van der Waals surface area (Å²) in [7, 11) is 0. The first-order valence-electron chi connectivity index (χ1n) is 17.6. The molecule has 0 unspecified atom stereocenters. The van der Waals surface area contributed by atoms with Gasteiger partial charge in [-0.25, -0.2) is 15.0 Å². The SMILES string of the molecule is c1ccc(-c2nc(-c3ccc(-c4ccc(-c5c6ccccc6cc6c5ccc5ccccc56)cc4)cc3)nc(-c3cccc4ccccc34)n2)cc1. The average molecular weight is 662 g/mol. The lowest BCUT2D eigenvalue weighted by Crippen LogP contribution is -2.00. The molecule has 242 valence electrons. The fourth-order valence-electron chi connectivity index (χ4n) is 7.53. The molecule has 3 heteroatoms. The van der Waals surface area contributed by atoms with Crippen LogP contribution in [0.5, 0.6) is 0 Å². The Labute approximate surface area is 301 Å². The molecule has 10 aromatic rings. The molecule has 9 aromatic carbocycles. The Morgan fingerprint density at radius 1 is 0.250 bits per heavy atom. The van der Waals surface area contributed by atoms with E-state index >= 15 is 0 Å². The quantitative estimate of drug-likeness (QED) is 0.136. The molecule has 0 radical (unpaired) electrons. The molecule has 0 aliphatic heterocycles. The number of hydrogen-bond acceptors (Lipinski definition) is 3. The molecular formula is C49H31N3. The van der Waals surface area contributed by atoms with Gasteiger partial charge in [-0.15, -0.1) is 0 Å². The summed E-state index contributed by atoms with van der Waals surface area (Å²) in [5.74, 6) is 1.96. The summed E-state index contributed by atoms with van der Waals surface area (Å²) >= 11 is 0. The van der Waals surface area contributed by atoms with E-state index in [4.69, 9.17) is 15.0 Å². The van der Waals surface area contributed by atoms with Gasteiger partial charge < -0.3 is 0 Å². The van der Waals surface area contributed by atoms with Crippen LogP contribution in [0.25, 0.3) is 99.5 Å². The molecule has 0 bridgehead atoms. The molecule has 1 aromatic heterocycles. The number of nitrogens with zero attached hydrogens (tertiary/aromatic N) is 3. The lowest BCUT2D eigenvalue weighted by atomic mass is 9.89. The lowest BCUT2D eigenvalue weighted by Gasteiger charge is -2.14. The summed E-state index contributed by atoms with van der Waals surface area (Å²) in [6.07, 6.45) is 0. The Morgan fingerprint density at radius 3 is 1.46 bits per heavy atom. The maximum Gasteiger partial charge on any atom is 0.164 e. The first-order chi connectivity index (χ1) is 25.8. The number of rotatable bonds is 5. The van der Waals surface area contributed by atoms with Crippen LogP contribution < -0.4 is 0 Å². The molecule has 0 amide bonds. The number of hydrogen-bond donors (Lipinski definition) is 0. The second kappa shape index (κ2) is 12.4. The Bertz CT molecular complexity index is 2930. The number of aromatic nitrogens is 3. The van der Waals surface area contributed by atoms with Crippen LogP contribution >= 0.6 is 0 Å². The van der Waals surface area contributed by atoms with E-state index in [1.54, 1.807) is 0 Å². The Hall–Kier alpha value is -6.97. The summed E-state index contributed by atoms with van der Waals surface area (Å²) in [6, 6.07) is 66.5. The van der Waals surface area contributed by atoms with Crippen LogP contribution in [0.4, 0.5) is 0 Å². The van der Waals surface area contributed by atoms with Crippen molar-refractivity contribution < 1.29 is 0 Å². The van der Waals surface area contributed by atoms with E-state index in [0.29, 0.717) is 17.5 Å². The summed E-state index contributed by atoms with van der Waals surface area (Å²) in [5.41, 5.74) is 7.65. The maximum absolute atomic E-state index is 5.04. The van der Waals surface area contributed by atoms with Crippen molar-refractivity contribution in [1.82, 2.24) is 15.0 Å². The molecular weight excluding hydrogens is 631 g/mol. The highest BCUT2D eigenvalue weighted by atomic mass is 15.0. The summed E-state index contributed by atoms with van der Waals surface area (Å²) in [5, 5.41) is 9.87. The largest absolute Gasteiger partial charge is 0.208 e. The van der Waals surface area contributed by atoms with Gasteiger partial charge in [0.15, 0.2) is 17.5 Å². The normalized spacial score (nSPS) is 11.5. The second-order valence-electron chi connectivity index (χ2n) is 13.2. The van der Waals surface area contributed by atoms with Gasteiger partial charge in [-0.05, 0) is 71.4 Å². The van der Waals surface area contributed by atoms with Gasteiger partial charge in [0.25, 0.3) is 0 Å². The van der Waals surface area contributed by atoms with E-state index < -0.39 is 0 Å². The highest BCUT2D eigenvalue weighted by molar-refractivity contribution is 6.20. The maximum atomic E-state index is 5.04. The van der Waals surface area contributed by atoms with Gasteiger partial charge in [-0.1, -0.05) is 182 Å². The fraction of sp³-hybridized carbons (Fsp3) is 0. The van der Waals surface area contributed by atoms with E-state index in [1.807, 2.05) is 30.3 Å². The third kappa shape index (κ3) is 5.19. The van der Waals surface area contributed by atoms with Gasteiger partial charge in [0.1, 0.15) is 0 Å². The Balaban J connectivity index is 1.04. The minimum Gasteiger partial charge on any atom is -0.208 e. The lowest BCUT2D eigenvalue weighted by molar-refractivity contribution is 1.08. The van der Waals surface area contributed by atoms with Crippen LogP contribution in [-0.2, 0) is 0 Å². The van der Waals surface area contributed by atoms with E-state index in [0.717, 1.165) is 38.6 Å². The predicted molar refractivity (Wildman–Crippen MR) is 217 cm³/mol. The zero-order valence-corrected chi connectivity index (χ0v) is 28.2. The van der Waals surface area contributed by atoms with Gasteiger partial charge in [0, 0.05) is 16.7 Å². The third-order valence-electron chi connectivity index (χ3n) is 10.1. The third-order valence-corrected chi connectivity index (χ3v) is 10.1. The van der Waals surface area contributed by atoms with Crippen molar-refractivity contribution in [2.24, 2.45) is 0 Å². The van der Waals surface area contributed by atoms with Crippen molar-refractivity contribution >= 4 is 43.1 Å². The van der Waals surface area contributed by atoms with Crippen molar-refractivity contribution in [3.05, 3.63) is 188 Å². The molecule has 0 spiro atoms. The molecule has 52 heavy (non-hydrogen) atoms. The zero-order chi connectivity index (χ0) is 34.4. The highest BCUT2D eigenvalue weighted by Crippen LogP contribution is 2.40.